The second kappa shape index (κ2) is 5.41. The normalized spacial score (nSPS) is 10.7. The summed E-state index contributed by atoms with van der Waals surface area (Å²) < 4.78 is 0. The zero-order valence-corrected chi connectivity index (χ0v) is 12.0. The summed E-state index contributed by atoms with van der Waals surface area (Å²) in [5.41, 5.74) is 5.52. The van der Waals surface area contributed by atoms with Gasteiger partial charge in [0, 0.05) is 23.3 Å². The lowest BCUT2D eigenvalue weighted by atomic mass is 10.00. The van der Waals surface area contributed by atoms with Gasteiger partial charge < -0.3 is 0 Å². The summed E-state index contributed by atoms with van der Waals surface area (Å²) in [5, 5.41) is 1.16. The third-order valence-electron chi connectivity index (χ3n) is 3.76. The molecule has 0 saturated carbocycles. The number of nitrogens with zero attached hydrogens (tertiary/aromatic N) is 2. The highest BCUT2D eigenvalue weighted by molar-refractivity contribution is 5.85. The number of pyridine rings is 2. The van der Waals surface area contributed by atoms with Crippen LogP contribution < -0.4 is 0 Å². The minimum Gasteiger partial charge on any atom is -0.256 e. The van der Waals surface area contributed by atoms with Gasteiger partial charge in [-0.2, -0.15) is 0 Å². The molecule has 0 atom stereocenters. The van der Waals surface area contributed by atoms with Gasteiger partial charge in [0.05, 0.1) is 11.2 Å². The van der Waals surface area contributed by atoms with E-state index in [4.69, 9.17) is 0 Å². The number of hydrogen-bond donors (Lipinski definition) is 0. The molecule has 4 aromatic rings. The van der Waals surface area contributed by atoms with E-state index in [2.05, 4.69) is 58.5 Å². The summed E-state index contributed by atoms with van der Waals surface area (Å²) in [4.78, 5) is 8.79. The van der Waals surface area contributed by atoms with E-state index in [1.807, 2.05) is 36.7 Å². The van der Waals surface area contributed by atoms with Crippen LogP contribution in [0.3, 0.4) is 0 Å². The molecule has 2 heterocycles. The lowest BCUT2D eigenvalue weighted by Gasteiger charge is -2.06. The second-order valence-corrected chi connectivity index (χ2v) is 5.21. The Morgan fingerprint density at radius 2 is 1.41 bits per heavy atom. The number of rotatable bonds is 2. The molecule has 22 heavy (non-hydrogen) atoms. The van der Waals surface area contributed by atoms with E-state index < -0.39 is 0 Å². The molecule has 4 rings (SSSR count). The first-order valence-corrected chi connectivity index (χ1v) is 7.27. The highest BCUT2D eigenvalue weighted by Crippen LogP contribution is 2.27. The van der Waals surface area contributed by atoms with Crippen LogP contribution in [0.5, 0.6) is 0 Å². The molecule has 0 amide bonds. The van der Waals surface area contributed by atoms with Gasteiger partial charge in [-0.25, -0.2) is 0 Å². The Hall–Kier alpha value is -3.00. The Morgan fingerprint density at radius 3 is 2.32 bits per heavy atom. The summed E-state index contributed by atoms with van der Waals surface area (Å²) in [6.07, 6.45) is 3.65. The van der Waals surface area contributed by atoms with E-state index in [0.717, 1.165) is 22.2 Å². The van der Waals surface area contributed by atoms with Gasteiger partial charge >= 0.3 is 0 Å². The monoisotopic (exact) mass is 282 g/mol. The van der Waals surface area contributed by atoms with E-state index in [0.29, 0.717) is 0 Å². The molecular weight excluding hydrogens is 268 g/mol. The maximum atomic E-state index is 4.42. The second-order valence-electron chi connectivity index (χ2n) is 5.21. The third-order valence-corrected chi connectivity index (χ3v) is 3.76. The molecule has 0 radical (unpaired) electrons. The number of aromatic nitrogens is 2. The molecule has 2 heteroatoms. The van der Waals surface area contributed by atoms with Crippen LogP contribution >= 0.6 is 0 Å². The minimum atomic E-state index is 0.992. The van der Waals surface area contributed by atoms with Gasteiger partial charge in [0.15, 0.2) is 0 Å². The van der Waals surface area contributed by atoms with Crippen molar-refractivity contribution in [2.75, 3.05) is 0 Å². The molecule has 0 aliphatic heterocycles. The molecule has 104 valence electrons. The van der Waals surface area contributed by atoms with Crippen LogP contribution in [0.4, 0.5) is 0 Å². The summed E-state index contributed by atoms with van der Waals surface area (Å²) in [6, 6.07) is 24.9. The average molecular weight is 282 g/mol. The summed E-state index contributed by atoms with van der Waals surface area (Å²) in [6.45, 7) is 0. The fourth-order valence-corrected chi connectivity index (χ4v) is 2.65. The summed E-state index contributed by atoms with van der Waals surface area (Å²) >= 11 is 0. The van der Waals surface area contributed by atoms with Crippen LogP contribution in [-0.4, -0.2) is 9.97 Å². The van der Waals surface area contributed by atoms with Crippen LogP contribution in [0.2, 0.25) is 0 Å². The highest BCUT2D eigenvalue weighted by Gasteiger charge is 2.03. The van der Waals surface area contributed by atoms with Crippen LogP contribution in [0, 0.1) is 0 Å². The van der Waals surface area contributed by atoms with Crippen molar-refractivity contribution in [3.05, 3.63) is 85.2 Å². The largest absolute Gasteiger partial charge is 0.256 e. The number of benzene rings is 2. The highest BCUT2D eigenvalue weighted by atomic mass is 14.7. The molecule has 0 saturated heterocycles. The Morgan fingerprint density at radius 1 is 0.545 bits per heavy atom. The molecule has 0 fully saturated rings. The van der Waals surface area contributed by atoms with Crippen molar-refractivity contribution in [1.29, 1.82) is 0 Å². The van der Waals surface area contributed by atoms with E-state index in [9.17, 15) is 0 Å². The first-order chi connectivity index (χ1) is 10.9. The molecule has 2 aromatic carbocycles. The van der Waals surface area contributed by atoms with E-state index in [-0.39, 0.29) is 0 Å². The van der Waals surface area contributed by atoms with Crippen LogP contribution in [0.25, 0.3) is 33.3 Å². The predicted octanol–water partition coefficient (Wildman–Crippen LogP) is 4.96. The van der Waals surface area contributed by atoms with Gasteiger partial charge in [-0.1, -0.05) is 36.4 Å². The topological polar surface area (TPSA) is 25.8 Å². The summed E-state index contributed by atoms with van der Waals surface area (Å²) in [5.74, 6) is 0. The fourth-order valence-electron chi connectivity index (χ4n) is 2.65. The van der Waals surface area contributed by atoms with Crippen molar-refractivity contribution in [1.82, 2.24) is 9.97 Å². The van der Waals surface area contributed by atoms with Crippen LogP contribution in [0.15, 0.2) is 85.2 Å². The molecule has 2 nitrogen and oxygen atoms in total. The molecule has 0 unspecified atom stereocenters. The SMILES string of the molecule is c1ccc(-c2cccc(-c3ccc4ncccc4c3)c2)nc1. The Labute approximate surface area is 129 Å². The van der Waals surface area contributed by atoms with Crippen molar-refractivity contribution in [3.8, 4) is 22.4 Å². The van der Waals surface area contributed by atoms with Gasteiger partial charge in [0.2, 0.25) is 0 Å². The molecule has 2 aromatic heterocycles. The average Bonchev–Trinajstić information content (AvgIpc) is 2.62. The molecule has 0 bridgehead atoms. The van der Waals surface area contributed by atoms with E-state index in [1.165, 1.54) is 11.1 Å². The lowest BCUT2D eigenvalue weighted by molar-refractivity contribution is 1.33. The summed E-state index contributed by atoms with van der Waals surface area (Å²) in [7, 11) is 0. The Kier molecular flexibility index (Phi) is 3.13. The van der Waals surface area contributed by atoms with Crippen LogP contribution in [0.1, 0.15) is 0 Å². The third kappa shape index (κ3) is 2.35. The smallest absolute Gasteiger partial charge is 0.0702 e. The molecule has 0 N–H and O–H groups in total. The number of fused-ring (bicyclic) bond motifs is 1. The first-order valence-electron chi connectivity index (χ1n) is 7.27. The molecule has 0 spiro atoms. The molecule has 0 aliphatic rings. The Bertz CT molecular complexity index is 930. The number of hydrogen-bond acceptors (Lipinski definition) is 2. The fraction of sp³-hybridized carbons (Fsp3) is 0. The predicted molar refractivity (Wildman–Crippen MR) is 90.4 cm³/mol. The van der Waals surface area contributed by atoms with Crippen LogP contribution in [-0.2, 0) is 0 Å². The van der Waals surface area contributed by atoms with Crippen molar-refractivity contribution >= 4 is 10.9 Å². The first kappa shape index (κ1) is 12.7. The van der Waals surface area contributed by atoms with Crippen molar-refractivity contribution in [3.63, 3.8) is 0 Å². The minimum absolute atomic E-state index is 0.992. The van der Waals surface area contributed by atoms with Gasteiger partial charge in [-0.15, -0.1) is 0 Å². The quantitative estimate of drug-likeness (QED) is 0.519. The Balaban J connectivity index is 1.81. The maximum absolute atomic E-state index is 4.42. The molecule has 0 aliphatic carbocycles. The zero-order chi connectivity index (χ0) is 14.8. The van der Waals surface area contributed by atoms with Crippen molar-refractivity contribution < 1.29 is 0 Å². The van der Waals surface area contributed by atoms with Gasteiger partial charge in [0.1, 0.15) is 0 Å². The zero-order valence-electron chi connectivity index (χ0n) is 12.0. The van der Waals surface area contributed by atoms with Gasteiger partial charge in [-0.3, -0.25) is 9.97 Å². The standard InChI is InChI=1S/C20H14N2/c1-2-11-21-19(8-1)17-6-3-5-15(13-17)16-9-10-20-18(14-16)7-4-12-22-20/h1-14H. The van der Waals surface area contributed by atoms with Crippen molar-refractivity contribution in [2.24, 2.45) is 0 Å². The van der Waals surface area contributed by atoms with E-state index >= 15 is 0 Å². The van der Waals surface area contributed by atoms with Gasteiger partial charge in [0.25, 0.3) is 0 Å². The maximum Gasteiger partial charge on any atom is 0.0702 e. The van der Waals surface area contributed by atoms with Crippen molar-refractivity contribution in [2.45, 2.75) is 0 Å². The lowest BCUT2D eigenvalue weighted by Crippen LogP contribution is -1.84. The molecular formula is C20H14N2. The van der Waals surface area contributed by atoms with Gasteiger partial charge in [-0.05, 0) is 47.5 Å². The van der Waals surface area contributed by atoms with E-state index in [1.54, 1.807) is 0 Å².